The molecule has 4 rings (SSSR count). The molecule has 1 unspecified atom stereocenters. The fraction of sp³-hybridized carbons (Fsp3) is 0.739. The van der Waals surface area contributed by atoms with Crippen LogP contribution in [0.3, 0.4) is 0 Å². The van der Waals surface area contributed by atoms with E-state index in [1.807, 2.05) is 18.5 Å². The first kappa shape index (κ1) is 20.8. The van der Waals surface area contributed by atoms with Crippen LogP contribution in [0.25, 0.3) is 0 Å². The van der Waals surface area contributed by atoms with Crippen LogP contribution in [0, 0.1) is 5.92 Å². The number of carbonyl (C=O) groups excluding carboxylic acids is 1. The van der Waals surface area contributed by atoms with Crippen LogP contribution in [0.5, 0.6) is 0 Å². The SMILES string of the molecule is O=C(NC1(CO)CCCC1)C1CCCN(C2CCN(Cc3cccnc3)CC2)C1. The maximum Gasteiger partial charge on any atom is 0.224 e. The van der Waals surface area contributed by atoms with E-state index in [4.69, 9.17) is 0 Å². The maximum absolute atomic E-state index is 12.9. The number of hydrogen-bond donors (Lipinski definition) is 2. The highest BCUT2D eigenvalue weighted by Gasteiger charge is 2.38. The molecule has 0 bridgehead atoms. The monoisotopic (exact) mass is 400 g/mol. The Morgan fingerprint density at radius 1 is 1.17 bits per heavy atom. The Kier molecular flexibility index (Phi) is 6.83. The number of aromatic nitrogens is 1. The summed E-state index contributed by atoms with van der Waals surface area (Å²) in [4.78, 5) is 22.2. The Morgan fingerprint density at radius 3 is 2.66 bits per heavy atom. The molecule has 6 heteroatoms. The molecule has 0 spiro atoms. The second-order valence-electron chi connectivity index (χ2n) is 9.34. The summed E-state index contributed by atoms with van der Waals surface area (Å²) in [5.41, 5.74) is 0.933. The third-order valence-corrected chi connectivity index (χ3v) is 7.28. The standard InChI is InChI=1S/C23H36N4O2/c28-18-23(9-1-2-10-23)25-22(29)20-6-4-12-27(17-20)21-7-13-26(14-8-21)16-19-5-3-11-24-15-19/h3,5,11,15,20-21,28H,1-2,4,6-10,12-14,16-18H2,(H,25,29). The van der Waals surface area contributed by atoms with Crippen molar-refractivity contribution in [1.29, 1.82) is 0 Å². The van der Waals surface area contributed by atoms with Gasteiger partial charge >= 0.3 is 0 Å². The molecule has 29 heavy (non-hydrogen) atoms. The number of amides is 1. The summed E-state index contributed by atoms with van der Waals surface area (Å²) in [6, 6.07) is 4.75. The van der Waals surface area contributed by atoms with Gasteiger partial charge in [-0.2, -0.15) is 0 Å². The van der Waals surface area contributed by atoms with Crippen molar-refractivity contribution in [2.24, 2.45) is 5.92 Å². The smallest absolute Gasteiger partial charge is 0.224 e. The summed E-state index contributed by atoms with van der Waals surface area (Å²) in [5.74, 6) is 0.237. The molecule has 3 aliphatic rings. The van der Waals surface area contributed by atoms with E-state index in [1.54, 1.807) is 0 Å². The van der Waals surface area contributed by atoms with Gasteiger partial charge in [-0.05, 0) is 69.8 Å². The molecule has 0 aromatic carbocycles. The molecule has 2 aliphatic heterocycles. The lowest BCUT2D eigenvalue weighted by Gasteiger charge is -2.42. The minimum Gasteiger partial charge on any atom is -0.394 e. The fourth-order valence-corrected chi connectivity index (χ4v) is 5.48. The highest BCUT2D eigenvalue weighted by atomic mass is 16.3. The molecule has 6 nitrogen and oxygen atoms in total. The van der Waals surface area contributed by atoms with Crippen LogP contribution in [0.2, 0.25) is 0 Å². The minimum atomic E-state index is -0.350. The molecule has 3 fully saturated rings. The van der Waals surface area contributed by atoms with Crippen LogP contribution in [-0.2, 0) is 11.3 Å². The summed E-state index contributed by atoms with van der Waals surface area (Å²) in [6.45, 7) is 5.27. The average molecular weight is 401 g/mol. The Morgan fingerprint density at radius 2 is 1.97 bits per heavy atom. The number of aliphatic hydroxyl groups excluding tert-OH is 1. The number of nitrogens with zero attached hydrogens (tertiary/aromatic N) is 3. The second kappa shape index (κ2) is 9.54. The molecule has 1 amide bonds. The van der Waals surface area contributed by atoms with Crippen molar-refractivity contribution in [2.75, 3.05) is 32.8 Å². The van der Waals surface area contributed by atoms with E-state index < -0.39 is 0 Å². The third-order valence-electron chi connectivity index (χ3n) is 7.28. The van der Waals surface area contributed by atoms with Gasteiger partial charge in [0.25, 0.3) is 0 Å². The molecule has 3 heterocycles. The summed E-state index contributed by atoms with van der Waals surface area (Å²) in [6.07, 6.45) is 12.3. The maximum atomic E-state index is 12.9. The fourth-order valence-electron chi connectivity index (χ4n) is 5.48. The molecule has 2 N–H and O–H groups in total. The molecule has 2 saturated heterocycles. The number of rotatable bonds is 6. The van der Waals surface area contributed by atoms with E-state index in [0.717, 1.165) is 71.2 Å². The molecule has 1 aliphatic carbocycles. The van der Waals surface area contributed by atoms with Crippen LogP contribution in [0.15, 0.2) is 24.5 Å². The van der Waals surface area contributed by atoms with Crippen molar-refractivity contribution in [2.45, 2.75) is 69.5 Å². The van der Waals surface area contributed by atoms with Crippen LogP contribution in [-0.4, -0.2) is 70.2 Å². The van der Waals surface area contributed by atoms with Gasteiger partial charge in [-0.3, -0.25) is 19.6 Å². The van der Waals surface area contributed by atoms with Gasteiger partial charge in [-0.15, -0.1) is 0 Å². The van der Waals surface area contributed by atoms with Gasteiger partial charge in [0.1, 0.15) is 0 Å². The van der Waals surface area contributed by atoms with Gasteiger partial charge in [0.2, 0.25) is 5.91 Å². The lowest BCUT2D eigenvalue weighted by molar-refractivity contribution is -0.129. The predicted molar refractivity (Wildman–Crippen MR) is 113 cm³/mol. The molecule has 1 aromatic rings. The van der Waals surface area contributed by atoms with Gasteiger partial charge in [0.15, 0.2) is 0 Å². The number of carbonyl (C=O) groups is 1. The average Bonchev–Trinajstić information content (AvgIpc) is 3.24. The van der Waals surface area contributed by atoms with E-state index in [-0.39, 0.29) is 24.0 Å². The van der Waals surface area contributed by atoms with Crippen molar-refractivity contribution in [3.05, 3.63) is 30.1 Å². The van der Waals surface area contributed by atoms with E-state index >= 15 is 0 Å². The largest absolute Gasteiger partial charge is 0.394 e. The van der Waals surface area contributed by atoms with Gasteiger partial charge in [-0.1, -0.05) is 18.9 Å². The number of aliphatic hydroxyl groups is 1. The minimum absolute atomic E-state index is 0.0706. The number of piperidine rings is 2. The third kappa shape index (κ3) is 5.16. The molecule has 1 saturated carbocycles. The van der Waals surface area contributed by atoms with Crippen LogP contribution in [0.4, 0.5) is 0 Å². The zero-order chi connectivity index (χ0) is 20.1. The lowest BCUT2D eigenvalue weighted by atomic mass is 9.91. The van der Waals surface area contributed by atoms with Crippen molar-refractivity contribution < 1.29 is 9.90 Å². The van der Waals surface area contributed by atoms with Crippen molar-refractivity contribution in [3.63, 3.8) is 0 Å². The molecule has 0 radical (unpaired) electrons. The second-order valence-corrected chi connectivity index (χ2v) is 9.34. The Balaban J connectivity index is 1.26. The Hall–Kier alpha value is -1.50. The van der Waals surface area contributed by atoms with Crippen molar-refractivity contribution >= 4 is 5.91 Å². The highest BCUT2D eigenvalue weighted by molar-refractivity contribution is 5.79. The van der Waals surface area contributed by atoms with Gasteiger partial charge < -0.3 is 10.4 Å². The highest BCUT2D eigenvalue weighted by Crippen LogP contribution is 2.31. The van der Waals surface area contributed by atoms with Crippen LogP contribution >= 0.6 is 0 Å². The quantitative estimate of drug-likeness (QED) is 0.766. The number of likely N-dealkylation sites (tertiary alicyclic amines) is 2. The summed E-state index contributed by atoms with van der Waals surface area (Å²) in [5, 5.41) is 13.1. The number of pyridine rings is 1. The predicted octanol–water partition coefficient (Wildman–Crippen LogP) is 2.18. The lowest BCUT2D eigenvalue weighted by Crippen LogP contribution is -2.55. The van der Waals surface area contributed by atoms with Crippen LogP contribution in [0.1, 0.15) is 56.9 Å². The van der Waals surface area contributed by atoms with Gasteiger partial charge in [-0.25, -0.2) is 0 Å². The molecule has 1 atom stereocenters. The molecular formula is C23H36N4O2. The summed E-state index contributed by atoms with van der Waals surface area (Å²) in [7, 11) is 0. The first-order valence-electron chi connectivity index (χ1n) is 11.5. The molecule has 1 aromatic heterocycles. The molecule has 160 valence electrons. The number of hydrogen-bond acceptors (Lipinski definition) is 5. The Bertz CT molecular complexity index is 654. The van der Waals surface area contributed by atoms with Gasteiger partial charge in [0, 0.05) is 31.5 Å². The summed E-state index contributed by atoms with van der Waals surface area (Å²) >= 11 is 0. The van der Waals surface area contributed by atoms with Crippen molar-refractivity contribution in [3.8, 4) is 0 Å². The van der Waals surface area contributed by atoms with E-state index in [2.05, 4.69) is 26.2 Å². The number of nitrogens with one attached hydrogen (secondary N) is 1. The zero-order valence-corrected chi connectivity index (χ0v) is 17.6. The van der Waals surface area contributed by atoms with E-state index in [9.17, 15) is 9.90 Å². The summed E-state index contributed by atoms with van der Waals surface area (Å²) < 4.78 is 0. The van der Waals surface area contributed by atoms with Gasteiger partial charge in [0.05, 0.1) is 18.1 Å². The van der Waals surface area contributed by atoms with E-state index in [1.165, 1.54) is 18.4 Å². The molecular weight excluding hydrogens is 364 g/mol. The first-order chi connectivity index (χ1) is 14.2. The van der Waals surface area contributed by atoms with Crippen molar-refractivity contribution in [1.82, 2.24) is 20.1 Å². The normalized spacial score (nSPS) is 26.4. The first-order valence-corrected chi connectivity index (χ1v) is 11.5. The zero-order valence-electron chi connectivity index (χ0n) is 17.6. The topological polar surface area (TPSA) is 68.7 Å². The van der Waals surface area contributed by atoms with Crippen LogP contribution < -0.4 is 5.32 Å². The Labute approximate surface area is 174 Å². The van der Waals surface area contributed by atoms with E-state index in [0.29, 0.717) is 6.04 Å².